The number of amides is 1. The third-order valence-electron chi connectivity index (χ3n) is 9.14. The molecule has 0 spiro atoms. The second-order valence-corrected chi connectivity index (χ2v) is 13.7. The first-order valence-electron chi connectivity index (χ1n) is 20.0. The normalized spacial score (nSPS) is 14.1. The molecule has 0 aliphatic carbocycles. The van der Waals surface area contributed by atoms with Crippen molar-refractivity contribution in [2.45, 2.75) is 200 Å². The second-order valence-electron chi connectivity index (χ2n) is 13.7. The molecule has 1 heterocycles. The van der Waals surface area contributed by atoms with E-state index in [2.05, 4.69) is 38.2 Å². The van der Waals surface area contributed by atoms with Crippen LogP contribution < -0.4 is 0 Å². The lowest BCUT2D eigenvalue weighted by Gasteiger charge is -2.24. The Balaban J connectivity index is 2.14. The number of allylic oxidation sites excluding steroid dienone is 4. The molecular weight excluding hydrogens is 586 g/mol. The molecule has 0 saturated carbocycles. The molecule has 0 aromatic heterocycles. The van der Waals surface area contributed by atoms with Crippen molar-refractivity contribution in [3.8, 4) is 0 Å². The van der Waals surface area contributed by atoms with Gasteiger partial charge in [0.1, 0.15) is 6.61 Å². The summed E-state index contributed by atoms with van der Waals surface area (Å²) >= 11 is 0. The van der Waals surface area contributed by atoms with Gasteiger partial charge in [-0.15, -0.1) is 0 Å². The monoisotopic (exact) mass is 660 g/mol. The Morgan fingerprint density at radius 2 is 1.11 bits per heavy atom. The number of hydrogen-bond donors (Lipinski definition) is 0. The molecule has 1 aliphatic heterocycles. The third-order valence-corrected chi connectivity index (χ3v) is 9.14. The summed E-state index contributed by atoms with van der Waals surface area (Å²) < 4.78 is 11.3. The number of ether oxygens (including phenoxy) is 2. The van der Waals surface area contributed by atoms with Gasteiger partial charge in [-0.25, -0.2) is 0 Å². The Morgan fingerprint density at radius 3 is 1.64 bits per heavy atom. The highest BCUT2D eigenvalue weighted by molar-refractivity contribution is 5.78. The van der Waals surface area contributed by atoms with Crippen LogP contribution in [0.25, 0.3) is 0 Å². The Bertz CT molecular complexity index is 823. The van der Waals surface area contributed by atoms with Gasteiger partial charge < -0.3 is 14.4 Å². The maximum atomic E-state index is 12.6. The fourth-order valence-corrected chi connectivity index (χ4v) is 6.14. The maximum absolute atomic E-state index is 12.6. The summed E-state index contributed by atoms with van der Waals surface area (Å²) in [5.41, 5.74) is 0. The van der Waals surface area contributed by atoms with E-state index in [1.54, 1.807) is 4.90 Å². The zero-order valence-electron chi connectivity index (χ0n) is 30.8. The average Bonchev–Trinajstić information content (AvgIpc) is 3.47. The van der Waals surface area contributed by atoms with E-state index in [0.717, 1.165) is 57.8 Å². The molecule has 1 rings (SSSR count). The van der Waals surface area contributed by atoms with Gasteiger partial charge >= 0.3 is 11.9 Å². The number of carbonyl (C=O) groups is 3. The number of esters is 2. The third kappa shape index (κ3) is 27.5. The van der Waals surface area contributed by atoms with Crippen LogP contribution in [0.15, 0.2) is 24.3 Å². The molecule has 1 saturated heterocycles. The number of nitrogens with zero attached hydrogens (tertiary/aromatic N) is 1. The van der Waals surface area contributed by atoms with Crippen LogP contribution >= 0.6 is 0 Å². The molecule has 0 aromatic carbocycles. The van der Waals surface area contributed by atoms with Crippen molar-refractivity contribution in [3.63, 3.8) is 0 Å². The lowest BCUT2D eigenvalue weighted by molar-refractivity contribution is -0.161. The molecule has 1 fully saturated rings. The Labute approximate surface area is 289 Å². The van der Waals surface area contributed by atoms with Crippen molar-refractivity contribution in [2.24, 2.45) is 0 Å². The fraction of sp³-hybridized carbons (Fsp3) is 0.829. The summed E-state index contributed by atoms with van der Waals surface area (Å²) in [6, 6.07) is 0. The van der Waals surface area contributed by atoms with Crippen LogP contribution in [-0.4, -0.2) is 48.5 Å². The quantitative estimate of drug-likeness (QED) is 0.0398. The van der Waals surface area contributed by atoms with E-state index >= 15 is 0 Å². The van der Waals surface area contributed by atoms with Gasteiger partial charge in [-0.2, -0.15) is 0 Å². The van der Waals surface area contributed by atoms with Gasteiger partial charge in [0.2, 0.25) is 5.91 Å². The van der Waals surface area contributed by atoms with E-state index in [9.17, 15) is 14.4 Å². The topological polar surface area (TPSA) is 72.9 Å². The Kier molecular flexibility index (Phi) is 29.6. The van der Waals surface area contributed by atoms with Crippen LogP contribution in [0.1, 0.15) is 194 Å². The number of likely N-dealkylation sites (tertiary alicyclic amines) is 1. The average molecular weight is 660 g/mol. The molecule has 1 unspecified atom stereocenters. The molecule has 0 radical (unpaired) electrons. The van der Waals surface area contributed by atoms with Crippen LogP contribution in [0.2, 0.25) is 0 Å². The predicted octanol–water partition coefficient (Wildman–Crippen LogP) is 11.4. The second kappa shape index (κ2) is 32.4. The summed E-state index contributed by atoms with van der Waals surface area (Å²) in [5.74, 6) is -0.423. The highest BCUT2D eigenvalue weighted by Gasteiger charge is 2.26. The first-order valence-corrected chi connectivity index (χ1v) is 20.0. The van der Waals surface area contributed by atoms with Gasteiger partial charge in [-0.3, -0.25) is 14.4 Å². The van der Waals surface area contributed by atoms with Crippen molar-refractivity contribution < 1.29 is 23.9 Å². The smallest absolute Gasteiger partial charge is 0.306 e. The molecule has 6 nitrogen and oxygen atoms in total. The van der Waals surface area contributed by atoms with Gasteiger partial charge in [-0.05, 0) is 51.4 Å². The summed E-state index contributed by atoms with van der Waals surface area (Å²) in [6.07, 6.45) is 39.6. The number of unbranched alkanes of at least 4 members (excludes halogenated alkanes) is 20. The Morgan fingerprint density at radius 1 is 0.638 bits per heavy atom. The molecular formula is C41H73NO5. The number of hydrogen-bond acceptors (Lipinski definition) is 5. The van der Waals surface area contributed by atoms with E-state index < -0.39 is 6.10 Å². The standard InChI is InChI=1S/C41H73NO5/c1-3-5-7-9-11-13-15-17-18-20-22-24-26-28-30-34-41(45)47-38(36-42-35-31-32-39(42)43)37-46-40(44)33-29-27-25-23-21-19-16-14-12-10-8-6-4-2/h11,13,17-18,38H,3-10,12,14-16,19-37H2,1-2H3/b13-11-,18-17-. The summed E-state index contributed by atoms with van der Waals surface area (Å²) in [7, 11) is 0. The molecule has 47 heavy (non-hydrogen) atoms. The first kappa shape index (κ1) is 42.9. The van der Waals surface area contributed by atoms with Crippen molar-refractivity contribution in [2.75, 3.05) is 19.7 Å². The molecule has 1 amide bonds. The summed E-state index contributed by atoms with van der Waals surface area (Å²) in [4.78, 5) is 38.9. The van der Waals surface area contributed by atoms with E-state index in [4.69, 9.17) is 9.47 Å². The molecule has 0 aromatic rings. The zero-order valence-corrected chi connectivity index (χ0v) is 30.8. The lowest BCUT2D eigenvalue weighted by atomic mass is 10.0. The first-order chi connectivity index (χ1) is 23.1. The van der Waals surface area contributed by atoms with Crippen LogP contribution in [0.4, 0.5) is 0 Å². The summed E-state index contributed by atoms with van der Waals surface area (Å²) in [5, 5.41) is 0. The van der Waals surface area contributed by atoms with Crippen LogP contribution in [0, 0.1) is 0 Å². The maximum Gasteiger partial charge on any atom is 0.306 e. The zero-order chi connectivity index (χ0) is 34.0. The fourth-order valence-electron chi connectivity index (χ4n) is 6.14. The minimum atomic E-state index is -0.599. The molecule has 1 aliphatic rings. The number of carbonyl (C=O) groups excluding carboxylic acids is 3. The van der Waals surface area contributed by atoms with E-state index in [1.165, 1.54) is 103 Å². The number of rotatable bonds is 33. The van der Waals surface area contributed by atoms with Gasteiger partial charge in [0.25, 0.3) is 0 Å². The molecule has 6 heteroatoms. The molecule has 0 N–H and O–H groups in total. The van der Waals surface area contributed by atoms with Crippen molar-refractivity contribution >= 4 is 17.8 Å². The molecule has 1 atom stereocenters. The van der Waals surface area contributed by atoms with E-state index in [-0.39, 0.29) is 24.5 Å². The van der Waals surface area contributed by atoms with E-state index in [0.29, 0.717) is 32.4 Å². The van der Waals surface area contributed by atoms with Gasteiger partial charge in [0.15, 0.2) is 6.10 Å². The van der Waals surface area contributed by atoms with Crippen molar-refractivity contribution in [3.05, 3.63) is 24.3 Å². The van der Waals surface area contributed by atoms with E-state index in [1.807, 2.05) is 0 Å². The Hall–Kier alpha value is -2.11. The lowest BCUT2D eigenvalue weighted by Crippen LogP contribution is -2.39. The summed E-state index contributed by atoms with van der Waals surface area (Å²) in [6.45, 7) is 5.50. The molecule has 272 valence electrons. The highest BCUT2D eigenvalue weighted by atomic mass is 16.6. The van der Waals surface area contributed by atoms with Crippen LogP contribution in [0.3, 0.4) is 0 Å². The van der Waals surface area contributed by atoms with Gasteiger partial charge in [0.05, 0.1) is 6.54 Å². The largest absolute Gasteiger partial charge is 0.462 e. The van der Waals surface area contributed by atoms with Crippen LogP contribution in [-0.2, 0) is 23.9 Å². The predicted molar refractivity (Wildman–Crippen MR) is 196 cm³/mol. The highest BCUT2D eigenvalue weighted by Crippen LogP contribution is 2.15. The van der Waals surface area contributed by atoms with Gasteiger partial charge in [0, 0.05) is 25.8 Å². The minimum Gasteiger partial charge on any atom is -0.462 e. The van der Waals surface area contributed by atoms with Crippen molar-refractivity contribution in [1.82, 2.24) is 4.90 Å². The van der Waals surface area contributed by atoms with Crippen LogP contribution in [0.5, 0.6) is 0 Å². The SMILES string of the molecule is CCCCC/C=C\C/C=C\CCCCCCCC(=O)OC(COC(=O)CCCCCCCCCCCCCCC)CN1CCCC1=O. The minimum absolute atomic E-state index is 0.0228. The molecule has 0 bridgehead atoms. The van der Waals surface area contributed by atoms with Crippen molar-refractivity contribution in [1.29, 1.82) is 0 Å². The van der Waals surface area contributed by atoms with Gasteiger partial charge in [-0.1, -0.05) is 147 Å².